The van der Waals surface area contributed by atoms with Crippen molar-refractivity contribution in [2.45, 2.75) is 213 Å². The highest BCUT2D eigenvalue weighted by atomic mass is 16.6. The Hall–Kier alpha value is -3.41. The van der Waals surface area contributed by atoms with Gasteiger partial charge in [0.05, 0.1) is 0 Å². The van der Waals surface area contributed by atoms with E-state index < -0.39 is 6.10 Å². The predicted molar refractivity (Wildman–Crippen MR) is 247 cm³/mol. The van der Waals surface area contributed by atoms with Gasteiger partial charge in [0, 0.05) is 19.3 Å². The molecule has 0 rings (SSSR count). The van der Waals surface area contributed by atoms with Crippen LogP contribution in [0.25, 0.3) is 0 Å². The van der Waals surface area contributed by atoms with E-state index in [4.69, 9.17) is 14.2 Å². The van der Waals surface area contributed by atoms with Gasteiger partial charge in [-0.1, -0.05) is 215 Å². The average molecular weight is 807 g/mol. The first-order chi connectivity index (χ1) is 28.5. The lowest BCUT2D eigenvalue weighted by atomic mass is 10.0. The molecule has 0 aromatic heterocycles. The smallest absolute Gasteiger partial charge is 0.306 e. The minimum atomic E-state index is -0.813. The van der Waals surface area contributed by atoms with Crippen LogP contribution in [-0.2, 0) is 28.6 Å². The summed E-state index contributed by atoms with van der Waals surface area (Å²) in [7, 11) is 0. The third-order valence-corrected chi connectivity index (χ3v) is 9.77. The van der Waals surface area contributed by atoms with Crippen molar-refractivity contribution in [2.75, 3.05) is 13.2 Å². The van der Waals surface area contributed by atoms with Crippen LogP contribution < -0.4 is 0 Å². The van der Waals surface area contributed by atoms with Gasteiger partial charge in [0.1, 0.15) is 13.2 Å². The van der Waals surface area contributed by atoms with Gasteiger partial charge >= 0.3 is 17.9 Å². The largest absolute Gasteiger partial charge is 0.462 e. The zero-order valence-corrected chi connectivity index (χ0v) is 37.5. The van der Waals surface area contributed by atoms with Crippen molar-refractivity contribution >= 4 is 17.9 Å². The molecular formula is C52H86O6. The Morgan fingerprint density at radius 3 is 1.28 bits per heavy atom. The van der Waals surface area contributed by atoms with E-state index in [2.05, 4.69) is 51.2 Å². The summed E-state index contributed by atoms with van der Waals surface area (Å²) < 4.78 is 16.7. The molecule has 6 nitrogen and oxygen atoms in total. The molecule has 0 aliphatic heterocycles. The summed E-state index contributed by atoms with van der Waals surface area (Å²) in [5.74, 6) is -0.994. The van der Waals surface area contributed by atoms with Crippen LogP contribution in [0.3, 0.4) is 0 Å². The normalized spacial score (nSPS) is 12.8. The Kier molecular flexibility index (Phi) is 43.6. The van der Waals surface area contributed by atoms with Crippen LogP contribution in [-0.4, -0.2) is 37.2 Å². The second kappa shape index (κ2) is 46.3. The first-order valence-electron chi connectivity index (χ1n) is 23.7. The van der Waals surface area contributed by atoms with Crippen LogP contribution in [0.15, 0.2) is 85.1 Å². The Morgan fingerprint density at radius 2 is 0.776 bits per heavy atom. The summed E-state index contributed by atoms with van der Waals surface area (Å²) in [6.07, 6.45) is 58.6. The number of carbonyl (C=O) groups excluding carboxylic acids is 3. The summed E-state index contributed by atoms with van der Waals surface area (Å²) in [4.78, 5) is 37.8. The van der Waals surface area contributed by atoms with Gasteiger partial charge < -0.3 is 14.2 Å². The molecule has 0 saturated carbocycles. The Balaban J connectivity index is 4.50. The molecule has 0 spiro atoms. The van der Waals surface area contributed by atoms with E-state index in [-0.39, 0.29) is 37.5 Å². The van der Waals surface area contributed by atoms with Crippen molar-refractivity contribution < 1.29 is 28.6 Å². The van der Waals surface area contributed by atoms with E-state index in [1.165, 1.54) is 89.9 Å². The van der Waals surface area contributed by atoms with Crippen LogP contribution in [0, 0.1) is 0 Å². The predicted octanol–water partition coefficient (Wildman–Crippen LogP) is 15.3. The Bertz CT molecular complexity index is 1160. The second-order valence-electron chi connectivity index (χ2n) is 15.4. The number of ether oxygens (including phenoxy) is 3. The third kappa shape index (κ3) is 43.7. The molecule has 0 fully saturated rings. The zero-order chi connectivity index (χ0) is 42.3. The van der Waals surface area contributed by atoms with Gasteiger partial charge in [0.25, 0.3) is 0 Å². The molecule has 0 aromatic carbocycles. The van der Waals surface area contributed by atoms with Crippen LogP contribution in [0.5, 0.6) is 0 Å². The number of carbonyl (C=O) groups is 3. The first-order valence-corrected chi connectivity index (χ1v) is 23.7. The van der Waals surface area contributed by atoms with Crippen molar-refractivity contribution in [3.05, 3.63) is 85.1 Å². The number of rotatable bonds is 41. The standard InChI is InChI=1S/C52H86O6/c1-4-7-10-13-16-19-22-25-28-30-33-36-39-42-45-51(54)57-48-49(58-52(55)46-43-40-37-34-31-27-24-21-18-15-12-9-6-3)47-56-50(53)44-41-38-35-32-29-26-23-20-17-14-11-8-5-2/h7,9-10,12,15-16,18-19,21,24,27,31,34,37,49H,4-6,8,11,13-14,17,20,22-23,25-26,28-30,32-33,35-36,38-48H2,1-3H3/b10-7-,12-9-,18-15-,19-16-,24-21-,31-27-,37-34-. The lowest BCUT2D eigenvalue weighted by Crippen LogP contribution is -2.30. The minimum Gasteiger partial charge on any atom is -0.462 e. The Morgan fingerprint density at radius 1 is 0.379 bits per heavy atom. The molecule has 1 unspecified atom stereocenters. The topological polar surface area (TPSA) is 78.9 Å². The van der Waals surface area contributed by atoms with E-state index in [9.17, 15) is 14.4 Å². The van der Waals surface area contributed by atoms with Gasteiger partial charge in [-0.3, -0.25) is 14.4 Å². The molecule has 6 heteroatoms. The highest BCUT2D eigenvalue weighted by Crippen LogP contribution is 2.14. The van der Waals surface area contributed by atoms with E-state index in [1.807, 2.05) is 54.7 Å². The van der Waals surface area contributed by atoms with Gasteiger partial charge in [-0.05, 0) is 57.8 Å². The molecule has 0 amide bonds. The van der Waals surface area contributed by atoms with Crippen LogP contribution >= 0.6 is 0 Å². The molecule has 0 heterocycles. The average Bonchev–Trinajstić information content (AvgIpc) is 3.22. The monoisotopic (exact) mass is 807 g/mol. The molecule has 330 valence electrons. The summed E-state index contributed by atoms with van der Waals surface area (Å²) in [6, 6.07) is 0. The quantitative estimate of drug-likeness (QED) is 0.0201. The molecule has 58 heavy (non-hydrogen) atoms. The van der Waals surface area contributed by atoms with Gasteiger partial charge in [-0.25, -0.2) is 0 Å². The molecule has 0 N–H and O–H groups in total. The number of allylic oxidation sites excluding steroid dienone is 14. The van der Waals surface area contributed by atoms with Crippen LogP contribution in [0.4, 0.5) is 0 Å². The molecular weight excluding hydrogens is 721 g/mol. The number of hydrogen-bond donors (Lipinski definition) is 0. The van der Waals surface area contributed by atoms with E-state index in [1.54, 1.807) is 0 Å². The van der Waals surface area contributed by atoms with Crippen molar-refractivity contribution in [1.82, 2.24) is 0 Å². The molecule has 0 radical (unpaired) electrons. The summed E-state index contributed by atoms with van der Waals surface area (Å²) in [6.45, 7) is 6.30. The summed E-state index contributed by atoms with van der Waals surface area (Å²) >= 11 is 0. The van der Waals surface area contributed by atoms with E-state index in [0.717, 1.165) is 70.6 Å². The van der Waals surface area contributed by atoms with Crippen molar-refractivity contribution in [3.8, 4) is 0 Å². The van der Waals surface area contributed by atoms with E-state index >= 15 is 0 Å². The fourth-order valence-electron chi connectivity index (χ4n) is 6.27. The number of unbranched alkanes of at least 4 members (excludes halogenated alkanes) is 20. The fourth-order valence-corrected chi connectivity index (χ4v) is 6.27. The molecule has 1 atom stereocenters. The lowest BCUT2D eigenvalue weighted by molar-refractivity contribution is -0.167. The molecule has 0 aliphatic carbocycles. The maximum atomic E-state index is 12.7. The highest BCUT2D eigenvalue weighted by Gasteiger charge is 2.19. The van der Waals surface area contributed by atoms with Crippen molar-refractivity contribution in [3.63, 3.8) is 0 Å². The van der Waals surface area contributed by atoms with Crippen LogP contribution in [0.1, 0.15) is 207 Å². The number of esters is 3. The maximum Gasteiger partial charge on any atom is 0.306 e. The molecule has 0 aromatic rings. The summed E-state index contributed by atoms with van der Waals surface area (Å²) in [5, 5.41) is 0. The van der Waals surface area contributed by atoms with Gasteiger partial charge in [-0.15, -0.1) is 0 Å². The first kappa shape index (κ1) is 54.6. The summed E-state index contributed by atoms with van der Waals surface area (Å²) in [5.41, 5.74) is 0. The van der Waals surface area contributed by atoms with Crippen molar-refractivity contribution in [2.24, 2.45) is 0 Å². The highest BCUT2D eigenvalue weighted by molar-refractivity contribution is 5.71. The van der Waals surface area contributed by atoms with Gasteiger partial charge in [-0.2, -0.15) is 0 Å². The fraction of sp³-hybridized carbons (Fsp3) is 0.673. The van der Waals surface area contributed by atoms with Crippen LogP contribution in [0.2, 0.25) is 0 Å². The lowest BCUT2D eigenvalue weighted by Gasteiger charge is -2.18. The van der Waals surface area contributed by atoms with E-state index in [0.29, 0.717) is 19.3 Å². The maximum absolute atomic E-state index is 12.7. The molecule has 0 saturated heterocycles. The second-order valence-corrected chi connectivity index (χ2v) is 15.4. The molecule has 0 bridgehead atoms. The zero-order valence-electron chi connectivity index (χ0n) is 37.5. The van der Waals surface area contributed by atoms with Gasteiger partial charge in [0.15, 0.2) is 6.10 Å². The SMILES string of the molecule is CC\C=C/C=C\C=C/C=C\C=C/CCCC(=O)OC(COC(=O)CCCCCCCCC/C=C\C/C=C\CC)COC(=O)CCCCCCCCCCCCCCC. The van der Waals surface area contributed by atoms with Crippen molar-refractivity contribution in [1.29, 1.82) is 0 Å². The number of hydrogen-bond acceptors (Lipinski definition) is 6. The minimum absolute atomic E-state index is 0.107. The van der Waals surface area contributed by atoms with Gasteiger partial charge in [0.2, 0.25) is 0 Å². The third-order valence-electron chi connectivity index (χ3n) is 9.77. The molecule has 0 aliphatic rings. The Labute approximate surface area is 356 Å².